The fourth-order valence-electron chi connectivity index (χ4n) is 3.10. The summed E-state index contributed by atoms with van der Waals surface area (Å²) in [5, 5.41) is 9.96. The van der Waals surface area contributed by atoms with Crippen molar-refractivity contribution in [3.05, 3.63) is 0 Å². The Morgan fingerprint density at radius 2 is 1.80 bits per heavy atom. The number of aliphatic carboxylic acids is 1. The van der Waals surface area contributed by atoms with Crippen LogP contribution in [0.15, 0.2) is 0 Å². The van der Waals surface area contributed by atoms with Gasteiger partial charge in [0.2, 0.25) is 0 Å². The summed E-state index contributed by atoms with van der Waals surface area (Å²) in [6.45, 7) is 4.34. The summed E-state index contributed by atoms with van der Waals surface area (Å²) in [6.07, 6.45) is 6.71. The van der Waals surface area contributed by atoms with Gasteiger partial charge in [0.05, 0.1) is 0 Å². The predicted molar refractivity (Wildman–Crippen MR) is 63.2 cm³/mol. The molecule has 0 aromatic heterocycles. The van der Waals surface area contributed by atoms with E-state index >= 15 is 0 Å². The van der Waals surface area contributed by atoms with Crippen LogP contribution in [0.3, 0.4) is 0 Å². The molecule has 0 aliphatic heterocycles. The number of thioether (sulfide) groups is 1. The van der Waals surface area contributed by atoms with Crippen molar-refractivity contribution in [3.8, 4) is 0 Å². The second-order valence-electron chi connectivity index (χ2n) is 5.84. The highest BCUT2D eigenvalue weighted by atomic mass is 32.2. The molecule has 2 fully saturated rings. The Bertz CT molecular complexity index is 259. The molecule has 0 aromatic rings. The summed E-state index contributed by atoms with van der Waals surface area (Å²) in [5.74, 6) is -0.585. The van der Waals surface area contributed by atoms with E-state index in [4.69, 9.17) is 0 Å². The normalized spacial score (nSPS) is 28.7. The van der Waals surface area contributed by atoms with Gasteiger partial charge in [-0.1, -0.05) is 26.7 Å². The van der Waals surface area contributed by atoms with Crippen LogP contribution in [0.1, 0.15) is 52.4 Å². The molecule has 15 heavy (non-hydrogen) atoms. The highest BCUT2D eigenvalue weighted by Crippen LogP contribution is 2.57. The van der Waals surface area contributed by atoms with E-state index in [1.807, 2.05) is 0 Å². The van der Waals surface area contributed by atoms with Crippen molar-refractivity contribution in [2.45, 2.75) is 62.4 Å². The molecule has 0 atom stereocenters. The van der Waals surface area contributed by atoms with Gasteiger partial charge in [0.1, 0.15) is 4.75 Å². The fourth-order valence-corrected chi connectivity index (χ4v) is 5.36. The zero-order valence-corrected chi connectivity index (χ0v) is 10.4. The Hall–Kier alpha value is -0.180. The summed E-state index contributed by atoms with van der Waals surface area (Å²) in [7, 11) is 0. The largest absolute Gasteiger partial charge is 0.480 e. The van der Waals surface area contributed by atoms with Gasteiger partial charge in [-0.25, -0.2) is 0 Å². The molecule has 0 aromatic carbocycles. The van der Waals surface area contributed by atoms with Gasteiger partial charge in [-0.2, -0.15) is 0 Å². The van der Waals surface area contributed by atoms with E-state index in [1.165, 1.54) is 25.7 Å². The molecule has 2 nitrogen and oxygen atoms in total. The van der Waals surface area contributed by atoms with Crippen LogP contribution in [0, 0.1) is 5.41 Å². The van der Waals surface area contributed by atoms with Crippen LogP contribution in [0.25, 0.3) is 0 Å². The molecular weight excluding hydrogens is 208 g/mol. The van der Waals surface area contributed by atoms with E-state index in [-0.39, 0.29) is 5.41 Å². The summed E-state index contributed by atoms with van der Waals surface area (Å²) in [4.78, 5) is 11.4. The third-order valence-corrected chi connectivity index (χ3v) is 5.33. The maximum absolute atomic E-state index is 11.4. The van der Waals surface area contributed by atoms with Crippen molar-refractivity contribution in [2.75, 3.05) is 0 Å². The lowest BCUT2D eigenvalue weighted by molar-refractivity contribution is -0.145. The maximum atomic E-state index is 11.4. The van der Waals surface area contributed by atoms with Crippen LogP contribution in [-0.4, -0.2) is 21.1 Å². The molecule has 3 heteroatoms. The second-order valence-corrected chi connectivity index (χ2v) is 7.53. The lowest BCUT2D eigenvalue weighted by Gasteiger charge is -2.50. The van der Waals surface area contributed by atoms with E-state index in [1.54, 1.807) is 11.8 Å². The van der Waals surface area contributed by atoms with Crippen molar-refractivity contribution in [1.29, 1.82) is 0 Å². The molecular formula is C12H20O2S. The minimum absolute atomic E-state index is 0.240. The Kier molecular flexibility index (Phi) is 2.78. The van der Waals surface area contributed by atoms with Crippen molar-refractivity contribution >= 4 is 17.7 Å². The highest BCUT2D eigenvalue weighted by Gasteiger charge is 2.56. The maximum Gasteiger partial charge on any atom is 0.319 e. The van der Waals surface area contributed by atoms with E-state index < -0.39 is 10.7 Å². The fraction of sp³-hybridized carbons (Fsp3) is 0.917. The van der Waals surface area contributed by atoms with Gasteiger partial charge < -0.3 is 5.11 Å². The molecule has 2 aliphatic carbocycles. The van der Waals surface area contributed by atoms with Crippen LogP contribution in [0.5, 0.6) is 0 Å². The summed E-state index contributed by atoms with van der Waals surface area (Å²) >= 11 is 1.75. The minimum atomic E-state index is -0.585. The first-order valence-electron chi connectivity index (χ1n) is 5.85. The third-order valence-electron chi connectivity index (χ3n) is 3.61. The van der Waals surface area contributed by atoms with Crippen LogP contribution in [-0.2, 0) is 4.79 Å². The van der Waals surface area contributed by atoms with Crippen LogP contribution in [0.2, 0.25) is 0 Å². The molecule has 0 spiro atoms. The molecule has 2 aliphatic rings. The molecule has 0 unspecified atom stereocenters. The van der Waals surface area contributed by atoms with Gasteiger partial charge >= 0.3 is 5.97 Å². The van der Waals surface area contributed by atoms with Crippen LogP contribution < -0.4 is 0 Å². The molecule has 0 saturated heterocycles. The van der Waals surface area contributed by atoms with Crippen molar-refractivity contribution < 1.29 is 9.90 Å². The molecule has 2 saturated carbocycles. The van der Waals surface area contributed by atoms with E-state index in [2.05, 4.69) is 13.8 Å². The summed E-state index contributed by atoms with van der Waals surface area (Å²) in [6, 6.07) is 0. The zero-order valence-electron chi connectivity index (χ0n) is 9.58. The second kappa shape index (κ2) is 3.69. The first kappa shape index (κ1) is 11.3. The number of carboxylic acids is 1. The Balaban J connectivity index is 1.99. The Morgan fingerprint density at radius 3 is 2.20 bits per heavy atom. The van der Waals surface area contributed by atoms with E-state index in [9.17, 15) is 9.90 Å². The monoisotopic (exact) mass is 228 g/mol. The van der Waals surface area contributed by atoms with Crippen LogP contribution in [0.4, 0.5) is 0 Å². The molecule has 0 amide bonds. The van der Waals surface area contributed by atoms with Crippen molar-refractivity contribution in [3.63, 3.8) is 0 Å². The average Bonchev–Trinajstić information content (AvgIpc) is 2.52. The summed E-state index contributed by atoms with van der Waals surface area (Å²) < 4.78 is -0.446. The lowest BCUT2D eigenvalue weighted by atomic mass is 9.64. The van der Waals surface area contributed by atoms with Gasteiger partial charge in [0.15, 0.2) is 0 Å². The van der Waals surface area contributed by atoms with Gasteiger partial charge in [0, 0.05) is 5.25 Å². The van der Waals surface area contributed by atoms with Gasteiger partial charge in [-0.3, -0.25) is 4.79 Å². The number of carbonyl (C=O) groups is 1. The van der Waals surface area contributed by atoms with Gasteiger partial charge in [-0.05, 0) is 31.1 Å². The Labute approximate surface area is 95.8 Å². The van der Waals surface area contributed by atoms with Gasteiger partial charge in [0.25, 0.3) is 0 Å². The lowest BCUT2D eigenvalue weighted by Crippen LogP contribution is -2.53. The van der Waals surface area contributed by atoms with Crippen molar-refractivity contribution in [1.82, 2.24) is 0 Å². The van der Waals surface area contributed by atoms with Crippen molar-refractivity contribution in [2.24, 2.45) is 5.41 Å². The number of hydrogen-bond donors (Lipinski definition) is 1. The molecule has 2 rings (SSSR count). The topological polar surface area (TPSA) is 37.3 Å². The van der Waals surface area contributed by atoms with E-state index in [0.717, 1.165) is 12.8 Å². The van der Waals surface area contributed by atoms with E-state index in [0.29, 0.717) is 5.25 Å². The summed E-state index contributed by atoms with van der Waals surface area (Å²) in [5.41, 5.74) is 0.240. The number of rotatable bonds is 3. The van der Waals surface area contributed by atoms with Crippen LogP contribution >= 0.6 is 11.8 Å². The minimum Gasteiger partial charge on any atom is -0.480 e. The zero-order chi connectivity index (χ0) is 11.1. The first-order chi connectivity index (χ1) is 6.94. The number of carboxylic acid groups (broad SMARTS) is 1. The van der Waals surface area contributed by atoms with Gasteiger partial charge in [-0.15, -0.1) is 11.8 Å². The molecule has 86 valence electrons. The molecule has 0 heterocycles. The highest BCUT2D eigenvalue weighted by molar-refractivity contribution is 8.02. The third kappa shape index (κ3) is 2.17. The average molecular weight is 228 g/mol. The first-order valence-corrected chi connectivity index (χ1v) is 6.73. The standard InChI is InChI=1S/C12H20O2S/c1-11(2)7-12(8-11,10(13)14)15-9-5-3-4-6-9/h9H,3-8H2,1-2H3,(H,13,14). The smallest absolute Gasteiger partial charge is 0.319 e. The predicted octanol–water partition coefficient (Wildman–Crippen LogP) is 3.31. The molecule has 0 bridgehead atoms. The molecule has 0 radical (unpaired) electrons. The number of hydrogen-bond acceptors (Lipinski definition) is 2. The quantitative estimate of drug-likeness (QED) is 0.805. The SMILES string of the molecule is CC1(C)CC(SC2CCCC2)(C(=O)O)C1. The Morgan fingerprint density at radius 1 is 1.27 bits per heavy atom. The molecule has 1 N–H and O–H groups in total.